The smallest absolute Gasteiger partial charge is 0.234 e. The standard InChI is InChI=1S/C17H18N4OS/c1-2-5-15-19-17(21-20-15)23-11-16(22)18-14-9-8-12-6-3-4-7-13(12)10-14/h3-4,6-10H,2,5,11H2,1H3,(H,18,22)(H,19,20,21). The fourth-order valence-electron chi connectivity index (χ4n) is 2.29. The van der Waals surface area contributed by atoms with Gasteiger partial charge in [0.1, 0.15) is 5.82 Å². The van der Waals surface area contributed by atoms with Gasteiger partial charge in [0.25, 0.3) is 0 Å². The van der Waals surface area contributed by atoms with Crippen LogP contribution in [0.2, 0.25) is 0 Å². The van der Waals surface area contributed by atoms with Crippen LogP contribution in [0.1, 0.15) is 19.2 Å². The van der Waals surface area contributed by atoms with Crippen LogP contribution in [0.3, 0.4) is 0 Å². The van der Waals surface area contributed by atoms with E-state index in [2.05, 4.69) is 27.4 Å². The van der Waals surface area contributed by atoms with Crippen molar-refractivity contribution in [1.29, 1.82) is 0 Å². The molecule has 0 bridgehead atoms. The zero-order valence-corrected chi connectivity index (χ0v) is 13.7. The zero-order chi connectivity index (χ0) is 16.1. The quantitative estimate of drug-likeness (QED) is 0.678. The van der Waals surface area contributed by atoms with E-state index < -0.39 is 0 Å². The van der Waals surface area contributed by atoms with E-state index in [-0.39, 0.29) is 11.7 Å². The minimum atomic E-state index is -0.0628. The maximum absolute atomic E-state index is 12.1. The first-order valence-corrected chi connectivity index (χ1v) is 8.56. The summed E-state index contributed by atoms with van der Waals surface area (Å²) in [4.78, 5) is 16.4. The Labute approximate surface area is 138 Å². The summed E-state index contributed by atoms with van der Waals surface area (Å²) in [5, 5.41) is 12.8. The summed E-state index contributed by atoms with van der Waals surface area (Å²) >= 11 is 1.33. The molecule has 0 radical (unpaired) electrons. The predicted molar refractivity (Wildman–Crippen MR) is 93.7 cm³/mol. The van der Waals surface area contributed by atoms with Gasteiger partial charge in [0, 0.05) is 12.1 Å². The Hall–Kier alpha value is -2.34. The molecule has 1 amide bonds. The summed E-state index contributed by atoms with van der Waals surface area (Å²) in [5.41, 5.74) is 0.802. The number of nitrogens with one attached hydrogen (secondary N) is 2. The Kier molecular flexibility index (Phi) is 4.92. The molecule has 2 aromatic carbocycles. The van der Waals surface area contributed by atoms with Crippen molar-refractivity contribution >= 4 is 34.1 Å². The van der Waals surface area contributed by atoms with Crippen molar-refractivity contribution in [2.45, 2.75) is 24.9 Å². The molecule has 3 rings (SSSR count). The number of aryl methyl sites for hydroxylation is 1. The van der Waals surface area contributed by atoms with E-state index in [1.165, 1.54) is 11.8 Å². The molecule has 1 heterocycles. The van der Waals surface area contributed by atoms with E-state index in [4.69, 9.17) is 0 Å². The van der Waals surface area contributed by atoms with Gasteiger partial charge in [-0.25, -0.2) is 4.98 Å². The van der Waals surface area contributed by atoms with Gasteiger partial charge in [-0.15, -0.1) is 5.10 Å². The van der Waals surface area contributed by atoms with Gasteiger partial charge in [-0.05, 0) is 29.3 Å². The predicted octanol–water partition coefficient (Wildman–Crippen LogP) is 3.64. The van der Waals surface area contributed by atoms with E-state index in [9.17, 15) is 4.79 Å². The molecule has 0 aliphatic rings. The number of hydrogen-bond acceptors (Lipinski definition) is 4. The number of fused-ring (bicyclic) bond motifs is 1. The second-order valence-electron chi connectivity index (χ2n) is 5.21. The molecule has 0 atom stereocenters. The first-order chi connectivity index (χ1) is 11.2. The van der Waals surface area contributed by atoms with E-state index in [1.807, 2.05) is 42.5 Å². The molecule has 0 saturated carbocycles. The van der Waals surface area contributed by atoms with Crippen LogP contribution in [0.25, 0.3) is 10.8 Å². The van der Waals surface area contributed by atoms with Gasteiger partial charge >= 0.3 is 0 Å². The van der Waals surface area contributed by atoms with Crippen molar-refractivity contribution in [3.8, 4) is 0 Å². The summed E-state index contributed by atoms with van der Waals surface area (Å²) in [6, 6.07) is 14.0. The highest BCUT2D eigenvalue weighted by atomic mass is 32.2. The van der Waals surface area contributed by atoms with Crippen LogP contribution in [0.15, 0.2) is 47.6 Å². The number of nitrogens with zero attached hydrogens (tertiary/aromatic N) is 2. The molecule has 3 aromatic rings. The fraction of sp³-hybridized carbons (Fsp3) is 0.235. The third-order valence-corrected chi connectivity index (χ3v) is 4.21. The number of amides is 1. The maximum atomic E-state index is 12.1. The van der Waals surface area contributed by atoms with E-state index in [0.29, 0.717) is 5.16 Å². The molecule has 0 spiro atoms. The van der Waals surface area contributed by atoms with Gasteiger partial charge in [-0.2, -0.15) is 0 Å². The molecule has 5 nitrogen and oxygen atoms in total. The van der Waals surface area contributed by atoms with Crippen LogP contribution in [-0.4, -0.2) is 26.8 Å². The number of carbonyl (C=O) groups is 1. The molecule has 2 N–H and O–H groups in total. The minimum absolute atomic E-state index is 0.0628. The number of benzene rings is 2. The van der Waals surface area contributed by atoms with E-state index >= 15 is 0 Å². The molecular formula is C17H18N4OS. The third-order valence-electron chi connectivity index (χ3n) is 3.36. The number of aromatic amines is 1. The van der Waals surface area contributed by atoms with Gasteiger partial charge < -0.3 is 5.32 Å². The highest BCUT2D eigenvalue weighted by Gasteiger charge is 2.08. The average molecular weight is 326 g/mol. The van der Waals surface area contributed by atoms with Crippen LogP contribution in [0.4, 0.5) is 5.69 Å². The molecule has 23 heavy (non-hydrogen) atoms. The highest BCUT2D eigenvalue weighted by molar-refractivity contribution is 7.99. The number of rotatable bonds is 6. The lowest BCUT2D eigenvalue weighted by Gasteiger charge is -2.05. The second-order valence-corrected chi connectivity index (χ2v) is 6.16. The molecule has 6 heteroatoms. The van der Waals surface area contributed by atoms with Crippen molar-refractivity contribution in [2.75, 3.05) is 11.1 Å². The van der Waals surface area contributed by atoms with Crippen molar-refractivity contribution in [3.63, 3.8) is 0 Å². The Morgan fingerprint density at radius 2 is 2.04 bits per heavy atom. The summed E-state index contributed by atoms with van der Waals surface area (Å²) in [5.74, 6) is 1.09. The summed E-state index contributed by atoms with van der Waals surface area (Å²) in [6.07, 6.45) is 1.89. The number of H-pyrrole nitrogens is 1. The third kappa shape index (κ3) is 4.10. The lowest BCUT2D eigenvalue weighted by atomic mass is 10.1. The Morgan fingerprint density at radius 3 is 2.87 bits per heavy atom. The normalized spacial score (nSPS) is 10.8. The SMILES string of the molecule is CCCc1nc(SCC(=O)Nc2ccc3ccccc3c2)n[nH]1. The van der Waals surface area contributed by atoms with Crippen LogP contribution in [-0.2, 0) is 11.2 Å². The van der Waals surface area contributed by atoms with Crippen molar-refractivity contribution in [2.24, 2.45) is 0 Å². The van der Waals surface area contributed by atoms with Gasteiger partial charge in [0.2, 0.25) is 11.1 Å². The van der Waals surface area contributed by atoms with E-state index in [1.54, 1.807) is 0 Å². The Bertz CT molecular complexity index is 815. The molecular weight excluding hydrogens is 308 g/mol. The first kappa shape index (κ1) is 15.6. The van der Waals surface area contributed by atoms with Crippen LogP contribution >= 0.6 is 11.8 Å². The van der Waals surface area contributed by atoms with E-state index in [0.717, 1.165) is 35.1 Å². The fourth-order valence-corrected chi connectivity index (χ4v) is 2.90. The topological polar surface area (TPSA) is 70.7 Å². The van der Waals surface area contributed by atoms with Crippen LogP contribution < -0.4 is 5.32 Å². The van der Waals surface area contributed by atoms with Gasteiger partial charge in [-0.3, -0.25) is 9.89 Å². The van der Waals surface area contributed by atoms with Gasteiger partial charge in [0.15, 0.2) is 0 Å². The largest absolute Gasteiger partial charge is 0.325 e. The van der Waals surface area contributed by atoms with Gasteiger partial charge in [0.05, 0.1) is 5.75 Å². The molecule has 0 saturated heterocycles. The minimum Gasteiger partial charge on any atom is -0.325 e. The van der Waals surface area contributed by atoms with Crippen molar-refractivity contribution in [3.05, 3.63) is 48.3 Å². The Balaban J connectivity index is 1.57. The summed E-state index contributed by atoms with van der Waals surface area (Å²) in [7, 11) is 0. The summed E-state index contributed by atoms with van der Waals surface area (Å²) < 4.78 is 0. The molecule has 0 fully saturated rings. The number of aromatic nitrogens is 3. The molecule has 1 aromatic heterocycles. The van der Waals surface area contributed by atoms with Crippen LogP contribution in [0, 0.1) is 0 Å². The van der Waals surface area contributed by atoms with Gasteiger partial charge in [-0.1, -0.05) is 49.0 Å². The molecule has 0 aliphatic heterocycles. The van der Waals surface area contributed by atoms with Crippen molar-refractivity contribution < 1.29 is 4.79 Å². The lowest BCUT2D eigenvalue weighted by molar-refractivity contribution is -0.113. The first-order valence-electron chi connectivity index (χ1n) is 7.57. The number of carbonyl (C=O) groups excluding carboxylic acids is 1. The average Bonchev–Trinajstić information content (AvgIpc) is 3.01. The number of anilines is 1. The second kappa shape index (κ2) is 7.28. The summed E-state index contributed by atoms with van der Waals surface area (Å²) in [6.45, 7) is 2.09. The monoisotopic (exact) mass is 326 g/mol. The molecule has 0 unspecified atom stereocenters. The molecule has 118 valence electrons. The maximum Gasteiger partial charge on any atom is 0.234 e. The Morgan fingerprint density at radius 1 is 1.22 bits per heavy atom. The highest BCUT2D eigenvalue weighted by Crippen LogP contribution is 2.19. The number of hydrogen-bond donors (Lipinski definition) is 2. The number of thioether (sulfide) groups is 1. The van der Waals surface area contributed by atoms with Crippen LogP contribution in [0.5, 0.6) is 0 Å². The zero-order valence-electron chi connectivity index (χ0n) is 12.9. The lowest BCUT2D eigenvalue weighted by Crippen LogP contribution is -2.14. The van der Waals surface area contributed by atoms with Crippen molar-refractivity contribution in [1.82, 2.24) is 15.2 Å². The molecule has 0 aliphatic carbocycles.